The van der Waals surface area contributed by atoms with E-state index in [-0.39, 0.29) is 18.2 Å². The molecule has 0 saturated carbocycles. The van der Waals surface area contributed by atoms with Crippen LogP contribution < -0.4 is 20.1 Å². The van der Waals surface area contributed by atoms with E-state index in [9.17, 15) is 4.79 Å². The molecular weight excluding hydrogens is 304 g/mol. The van der Waals surface area contributed by atoms with Gasteiger partial charge < -0.3 is 20.1 Å². The van der Waals surface area contributed by atoms with Crippen molar-refractivity contribution < 1.29 is 14.3 Å². The van der Waals surface area contributed by atoms with Gasteiger partial charge in [-0.15, -0.1) is 0 Å². The van der Waals surface area contributed by atoms with Crippen molar-refractivity contribution in [2.75, 3.05) is 18.7 Å². The Morgan fingerprint density at radius 3 is 2.54 bits per heavy atom. The maximum atomic E-state index is 12.2. The van der Waals surface area contributed by atoms with Crippen LogP contribution in [-0.2, 0) is 5.41 Å². The Morgan fingerprint density at radius 1 is 1.08 bits per heavy atom. The van der Waals surface area contributed by atoms with Gasteiger partial charge in [0, 0.05) is 23.7 Å². The van der Waals surface area contributed by atoms with Gasteiger partial charge in [0.25, 0.3) is 0 Å². The summed E-state index contributed by atoms with van der Waals surface area (Å²) in [5, 5.41) is 5.75. The fourth-order valence-electron chi connectivity index (χ4n) is 2.56. The lowest BCUT2D eigenvalue weighted by Crippen LogP contribution is -2.38. The van der Waals surface area contributed by atoms with E-state index in [4.69, 9.17) is 9.47 Å². The van der Waals surface area contributed by atoms with E-state index in [0.29, 0.717) is 23.7 Å². The summed E-state index contributed by atoms with van der Waals surface area (Å²) in [6.45, 7) is 7.03. The predicted molar refractivity (Wildman–Crippen MR) is 93.8 cm³/mol. The largest absolute Gasteiger partial charge is 0.454 e. The summed E-state index contributed by atoms with van der Waals surface area (Å²) < 4.78 is 10.6. The van der Waals surface area contributed by atoms with Gasteiger partial charge in [-0.2, -0.15) is 0 Å². The van der Waals surface area contributed by atoms with Crippen LogP contribution in [0.3, 0.4) is 0 Å². The summed E-state index contributed by atoms with van der Waals surface area (Å²) >= 11 is 0. The van der Waals surface area contributed by atoms with E-state index in [2.05, 4.69) is 55.7 Å². The summed E-state index contributed by atoms with van der Waals surface area (Å²) in [6, 6.07) is 13.5. The van der Waals surface area contributed by atoms with E-state index in [1.165, 1.54) is 11.1 Å². The Balaban J connectivity index is 1.58. The number of anilines is 1. The Morgan fingerprint density at radius 2 is 1.79 bits per heavy atom. The number of hydrogen-bond acceptors (Lipinski definition) is 3. The third kappa shape index (κ3) is 3.62. The standard InChI is InChI=1S/C19H22N2O3/c1-13-4-6-14(7-5-13)19(2,3)11-20-18(22)21-15-8-9-16-17(10-15)24-12-23-16/h4-10H,11-12H2,1-3H3,(H2,20,21,22). The molecule has 126 valence electrons. The minimum absolute atomic E-state index is 0.153. The number of carbonyl (C=O) groups excluding carboxylic acids is 1. The van der Waals surface area contributed by atoms with Gasteiger partial charge in [0.1, 0.15) is 0 Å². The normalized spacial score (nSPS) is 12.8. The molecule has 0 bridgehead atoms. The smallest absolute Gasteiger partial charge is 0.319 e. The number of amides is 2. The average molecular weight is 326 g/mol. The second kappa shape index (κ2) is 6.43. The lowest BCUT2D eigenvalue weighted by Gasteiger charge is -2.26. The maximum Gasteiger partial charge on any atom is 0.319 e. The third-order valence-corrected chi connectivity index (χ3v) is 4.15. The molecule has 0 aliphatic carbocycles. The molecule has 24 heavy (non-hydrogen) atoms. The summed E-state index contributed by atoms with van der Waals surface area (Å²) in [4.78, 5) is 12.2. The summed E-state index contributed by atoms with van der Waals surface area (Å²) in [6.07, 6.45) is 0. The molecule has 0 spiro atoms. The number of urea groups is 1. The molecule has 2 aromatic carbocycles. The van der Waals surface area contributed by atoms with Gasteiger partial charge in [0.2, 0.25) is 6.79 Å². The highest BCUT2D eigenvalue weighted by Crippen LogP contribution is 2.34. The zero-order chi connectivity index (χ0) is 17.2. The lowest BCUT2D eigenvalue weighted by atomic mass is 9.84. The number of benzene rings is 2. The number of carbonyl (C=O) groups is 1. The number of fused-ring (bicyclic) bond motifs is 1. The number of aryl methyl sites for hydroxylation is 1. The third-order valence-electron chi connectivity index (χ3n) is 4.15. The topological polar surface area (TPSA) is 59.6 Å². The number of ether oxygens (including phenoxy) is 2. The lowest BCUT2D eigenvalue weighted by molar-refractivity contribution is 0.174. The first kappa shape index (κ1) is 16.2. The zero-order valence-electron chi connectivity index (χ0n) is 14.2. The Labute approximate surface area is 142 Å². The first-order valence-electron chi connectivity index (χ1n) is 7.96. The van der Waals surface area contributed by atoms with Crippen molar-refractivity contribution in [3.63, 3.8) is 0 Å². The number of rotatable bonds is 4. The van der Waals surface area contributed by atoms with Crippen LogP contribution in [-0.4, -0.2) is 19.4 Å². The molecule has 2 amide bonds. The molecule has 0 unspecified atom stereocenters. The van der Waals surface area contributed by atoms with Crippen LogP contribution in [0.2, 0.25) is 0 Å². The van der Waals surface area contributed by atoms with Gasteiger partial charge in [-0.25, -0.2) is 4.79 Å². The molecule has 3 rings (SSSR count). The van der Waals surface area contributed by atoms with Gasteiger partial charge in [0.15, 0.2) is 11.5 Å². The van der Waals surface area contributed by atoms with Crippen molar-refractivity contribution in [3.8, 4) is 11.5 Å². The molecule has 2 N–H and O–H groups in total. The molecule has 0 atom stereocenters. The Bertz CT molecular complexity index is 739. The highest BCUT2D eigenvalue weighted by molar-refractivity contribution is 5.89. The SMILES string of the molecule is Cc1ccc(C(C)(C)CNC(=O)Nc2ccc3c(c2)OCO3)cc1. The fraction of sp³-hybridized carbons (Fsp3) is 0.316. The predicted octanol–water partition coefficient (Wildman–Crippen LogP) is 3.82. The van der Waals surface area contributed by atoms with Crippen LogP contribution in [0.1, 0.15) is 25.0 Å². The van der Waals surface area contributed by atoms with Crippen LogP contribution >= 0.6 is 0 Å². The van der Waals surface area contributed by atoms with Gasteiger partial charge >= 0.3 is 6.03 Å². The quantitative estimate of drug-likeness (QED) is 0.898. The van der Waals surface area contributed by atoms with Crippen molar-refractivity contribution in [1.29, 1.82) is 0 Å². The van der Waals surface area contributed by atoms with Gasteiger partial charge in [0.05, 0.1) is 0 Å². The summed E-state index contributed by atoms with van der Waals surface area (Å²) in [7, 11) is 0. The van der Waals surface area contributed by atoms with E-state index in [1.807, 2.05) is 0 Å². The minimum atomic E-state index is -0.242. The number of nitrogens with one attached hydrogen (secondary N) is 2. The number of hydrogen-bond donors (Lipinski definition) is 2. The van der Waals surface area contributed by atoms with Crippen molar-refractivity contribution in [2.45, 2.75) is 26.2 Å². The van der Waals surface area contributed by atoms with E-state index >= 15 is 0 Å². The van der Waals surface area contributed by atoms with Crippen LogP contribution in [0.4, 0.5) is 10.5 Å². The van der Waals surface area contributed by atoms with Gasteiger partial charge in [-0.1, -0.05) is 43.7 Å². The molecule has 2 aromatic rings. The van der Waals surface area contributed by atoms with Gasteiger partial charge in [-0.05, 0) is 24.6 Å². The molecule has 1 heterocycles. The first-order chi connectivity index (χ1) is 11.4. The Hall–Kier alpha value is -2.69. The fourth-order valence-corrected chi connectivity index (χ4v) is 2.56. The molecule has 1 aliphatic rings. The zero-order valence-corrected chi connectivity index (χ0v) is 14.2. The average Bonchev–Trinajstić information content (AvgIpc) is 3.01. The highest BCUT2D eigenvalue weighted by Gasteiger charge is 2.21. The van der Waals surface area contributed by atoms with Crippen molar-refractivity contribution in [2.24, 2.45) is 0 Å². The molecule has 1 aliphatic heterocycles. The second-order valence-corrected chi connectivity index (χ2v) is 6.63. The molecular formula is C19H22N2O3. The van der Waals surface area contributed by atoms with Gasteiger partial charge in [-0.3, -0.25) is 0 Å². The molecule has 5 nitrogen and oxygen atoms in total. The molecule has 0 saturated heterocycles. The molecule has 5 heteroatoms. The molecule has 0 fully saturated rings. The van der Waals surface area contributed by atoms with Crippen LogP contribution in [0.15, 0.2) is 42.5 Å². The van der Waals surface area contributed by atoms with Crippen LogP contribution in [0.25, 0.3) is 0 Å². The summed E-state index contributed by atoms with van der Waals surface area (Å²) in [5.74, 6) is 1.34. The first-order valence-corrected chi connectivity index (χ1v) is 7.96. The Kier molecular flexibility index (Phi) is 4.34. The van der Waals surface area contributed by atoms with Crippen molar-refractivity contribution in [1.82, 2.24) is 5.32 Å². The minimum Gasteiger partial charge on any atom is -0.454 e. The van der Waals surface area contributed by atoms with E-state index in [0.717, 1.165) is 0 Å². The van der Waals surface area contributed by atoms with Crippen LogP contribution in [0, 0.1) is 6.92 Å². The van der Waals surface area contributed by atoms with Crippen molar-refractivity contribution in [3.05, 3.63) is 53.6 Å². The van der Waals surface area contributed by atoms with Crippen LogP contribution in [0.5, 0.6) is 11.5 Å². The highest BCUT2D eigenvalue weighted by atomic mass is 16.7. The van der Waals surface area contributed by atoms with E-state index in [1.54, 1.807) is 18.2 Å². The molecule has 0 radical (unpaired) electrons. The second-order valence-electron chi connectivity index (χ2n) is 6.63. The van der Waals surface area contributed by atoms with Crippen molar-refractivity contribution >= 4 is 11.7 Å². The molecule has 0 aromatic heterocycles. The van der Waals surface area contributed by atoms with E-state index < -0.39 is 0 Å². The monoisotopic (exact) mass is 326 g/mol. The maximum absolute atomic E-state index is 12.2. The summed E-state index contributed by atoms with van der Waals surface area (Å²) in [5.41, 5.74) is 2.93.